The third-order valence-electron chi connectivity index (χ3n) is 13.6. The van der Waals surface area contributed by atoms with Crippen molar-refractivity contribution in [3.8, 4) is 11.1 Å². The van der Waals surface area contributed by atoms with Crippen molar-refractivity contribution < 1.29 is 0 Å². The number of thiophene rings is 1. The van der Waals surface area contributed by atoms with Crippen LogP contribution in [0.25, 0.3) is 90.9 Å². The van der Waals surface area contributed by atoms with Gasteiger partial charge in [-0.1, -0.05) is 146 Å². The maximum Gasteiger partial charge on any atom is 0.109 e. The van der Waals surface area contributed by atoms with E-state index >= 15 is 0 Å². The van der Waals surface area contributed by atoms with Gasteiger partial charge in [0, 0.05) is 65.8 Å². The lowest BCUT2D eigenvalue weighted by Crippen LogP contribution is -2.09. The average Bonchev–Trinajstić information content (AvgIpc) is 4.03. The van der Waals surface area contributed by atoms with Gasteiger partial charge in [-0.25, -0.2) is 0 Å². The van der Waals surface area contributed by atoms with Crippen LogP contribution in [0.15, 0.2) is 237 Å². The van der Waals surface area contributed by atoms with Crippen molar-refractivity contribution in [3.05, 3.63) is 237 Å². The molecule has 0 radical (unpaired) electrons. The van der Waals surface area contributed by atoms with E-state index in [1.807, 2.05) is 11.3 Å². The van der Waals surface area contributed by atoms with E-state index < -0.39 is 0 Å². The van der Waals surface area contributed by atoms with E-state index in [0.29, 0.717) is 0 Å². The molecule has 3 heterocycles. The van der Waals surface area contributed by atoms with Crippen LogP contribution < -0.4 is 9.80 Å². The topological polar surface area (TPSA) is 10.9 Å². The van der Waals surface area contributed by atoms with Gasteiger partial charge in [-0.15, -0.1) is 11.3 Å². The Morgan fingerprint density at radius 3 is 1.47 bits per heavy atom. The molecule has 0 aliphatic carbocycles. The summed E-state index contributed by atoms with van der Waals surface area (Å²) in [5, 5.41) is 13.8. The van der Waals surface area contributed by atoms with Crippen LogP contribution in [0, 0.1) is 0 Å². The van der Waals surface area contributed by atoms with Gasteiger partial charge in [0.25, 0.3) is 0 Å². The van der Waals surface area contributed by atoms with Crippen LogP contribution in [0.1, 0.15) is 0 Å². The molecule has 0 N–H and O–H groups in total. The summed E-state index contributed by atoms with van der Waals surface area (Å²) in [6, 6.07) is 86.9. The zero-order valence-corrected chi connectivity index (χ0v) is 36.6. The fourth-order valence-corrected chi connectivity index (χ4v) is 11.8. The second-order valence-corrected chi connectivity index (χ2v) is 18.4. The van der Waals surface area contributed by atoms with Gasteiger partial charge in [0.15, 0.2) is 0 Å². The van der Waals surface area contributed by atoms with Crippen LogP contribution in [0.2, 0.25) is 0 Å². The van der Waals surface area contributed by atoms with Crippen LogP contribution in [-0.2, 0) is 0 Å². The Hall–Kier alpha value is -8.44. The molecular formula is C62H39N3S. The second kappa shape index (κ2) is 14.5. The van der Waals surface area contributed by atoms with E-state index in [9.17, 15) is 0 Å². The summed E-state index contributed by atoms with van der Waals surface area (Å²) in [6.45, 7) is 0. The number of para-hydroxylation sites is 2. The fourth-order valence-electron chi connectivity index (χ4n) is 10.6. The van der Waals surface area contributed by atoms with E-state index in [2.05, 4.69) is 251 Å². The van der Waals surface area contributed by atoms with Crippen molar-refractivity contribution >= 4 is 125 Å². The molecule has 0 aliphatic rings. The van der Waals surface area contributed by atoms with Crippen molar-refractivity contribution in [1.29, 1.82) is 0 Å². The minimum absolute atomic E-state index is 1.12. The smallest absolute Gasteiger partial charge is 0.109 e. The summed E-state index contributed by atoms with van der Waals surface area (Å²) in [5.41, 5.74) is 11.7. The van der Waals surface area contributed by atoms with Crippen molar-refractivity contribution in [2.45, 2.75) is 0 Å². The van der Waals surface area contributed by atoms with Gasteiger partial charge in [-0.05, 0) is 134 Å². The number of aromatic nitrogens is 1. The maximum atomic E-state index is 2.58. The number of rotatable bonds is 7. The van der Waals surface area contributed by atoms with E-state index in [1.165, 1.54) is 90.9 Å². The van der Waals surface area contributed by atoms with Crippen molar-refractivity contribution in [3.63, 3.8) is 0 Å². The molecule has 0 bridgehead atoms. The quantitative estimate of drug-likeness (QED) is 0.158. The highest BCUT2D eigenvalue weighted by atomic mass is 32.1. The Balaban J connectivity index is 1.06. The SMILES string of the molecule is c1ccc(-c2ccc3sc4c(c3c2)c2c3cc(N(c5ccccc5)c5ccc6ccccc6c5)ccc3cc3c5ccc(N(c6ccccc6)c6ccc7ccccc7c6)cc5n4c32)cc1. The summed E-state index contributed by atoms with van der Waals surface area (Å²) in [6.07, 6.45) is 0. The largest absolute Gasteiger partial charge is 0.310 e. The Morgan fingerprint density at radius 1 is 0.303 bits per heavy atom. The predicted molar refractivity (Wildman–Crippen MR) is 284 cm³/mol. The highest BCUT2D eigenvalue weighted by Crippen LogP contribution is 2.51. The molecule has 0 amide bonds. The Morgan fingerprint density at radius 2 is 0.833 bits per heavy atom. The predicted octanol–water partition coefficient (Wildman–Crippen LogP) is 18.1. The Bertz CT molecular complexity index is 4170. The van der Waals surface area contributed by atoms with Gasteiger partial charge in [0.1, 0.15) is 4.83 Å². The standard InChI is InChI=1S/C62H39N3S/c1-4-14-40(15-5-1)45-27-33-58-56(36-45)60-59-54-38-51(63(47-20-6-2-7-21-47)49-28-24-41-16-10-12-18-43(41)34-49)30-26-46(54)37-55-53-32-31-52(39-57(53)65(61(55)59)62(60)66-58)64(48-22-8-3-9-23-48)50-29-25-42-17-11-13-19-44(42)35-50/h1-39H. The van der Waals surface area contributed by atoms with Gasteiger partial charge < -0.3 is 9.80 Å². The van der Waals surface area contributed by atoms with Crippen LogP contribution in [0.5, 0.6) is 0 Å². The summed E-state index contributed by atoms with van der Waals surface area (Å²) in [4.78, 5) is 6.08. The molecule has 11 aromatic carbocycles. The third-order valence-corrected chi connectivity index (χ3v) is 14.7. The zero-order chi connectivity index (χ0) is 43.3. The molecule has 14 rings (SSSR count). The number of benzene rings is 11. The summed E-state index contributed by atoms with van der Waals surface area (Å²) >= 11 is 1.90. The molecule has 0 spiro atoms. The molecule has 308 valence electrons. The van der Waals surface area contributed by atoms with Crippen LogP contribution in [0.3, 0.4) is 0 Å². The van der Waals surface area contributed by atoms with Crippen molar-refractivity contribution in [1.82, 2.24) is 4.40 Å². The Kier molecular flexibility index (Phi) is 8.15. The Labute approximate surface area is 385 Å². The first-order valence-corrected chi connectivity index (χ1v) is 23.4. The molecule has 3 aromatic heterocycles. The lowest BCUT2D eigenvalue weighted by Gasteiger charge is -2.26. The highest BCUT2D eigenvalue weighted by Gasteiger charge is 2.26. The number of fused-ring (bicyclic) bond motifs is 12. The fraction of sp³-hybridized carbons (Fsp3) is 0. The molecule has 66 heavy (non-hydrogen) atoms. The van der Waals surface area contributed by atoms with Gasteiger partial charge >= 0.3 is 0 Å². The molecule has 0 aliphatic heterocycles. The van der Waals surface area contributed by atoms with Crippen LogP contribution in [0.4, 0.5) is 34.1 Å². The van der Waals surface area contributed by atoms with E-state index in [1.54, 1.807) is 0 Å². The monoisotopic (exact) mass is 857 g/mol. The van der Waals surface area contributed by atoms with Crippen molar-refractivity contribution in [2.75, 3.05) is 9.80 Å². The van der Waals surface area contributed by atoms with E-state index in [4.69, 9.17) is 0 Å². The minimum atomic E-state index is 1.12. The van der Waals surface area contributed by atoms with Crippen LogP contribution >= 0.6 is 11.3 Å². The average molecular weight is 858 g/mol. The van der Waals surface area contributed by atoms with Gasteiger partial charge in [0.2, 0.25) is 0 Å². The highest BCUT2D eigenvalue weighted by molar-refractivity contribution is 7.25. The zero-order valence-electron chi connectivity index (χ0n) is 35.8. The first-order chi connectivity index (χ1) is 32.7. The number of anilines is 6. The minimum Gasteiger partial charge on any atom is -0.310 e. The van der Waals surface area contributed by atoms with Crippen molar-refractivity contribution in [2.24, 2.45) is 0 Å². The molecule has 0 fully saturated rings. The lowest BCUT2D eigenvalue weighted by atomic mass is 9.97. The van der Waals surface area contributed by atoms with Crippen LogP contribution in [-0.4, -0.2) is 4.40 Å². The summed E-state index contributed by atoms with van der Waals surface area (Å²) in [7, 11) is 0. The molecule has 4 heteroatoms. The maximum absolute atomic E-state index is 2.58. The number of hydrogen-bond donors (Lipinski definition) is 0. The summed E-state index contributed by atoms with van der Waals surface area (Å²) < 4.78 is 3.87. The molecule has 0 unspecified atom stereocenters. The molecule has 0 saturated carbocycles. The van der Waals surface area contributed by atoms with Gasteiger partial charge in [-0.3, -0.25) is 4.40 Å². The summed E-state index contributed by atoms with van der Waals surface area (Å²) in [5.74, 6) is 0. The number of nitrogens with zero attached hydrogens (tertiary/aromatic N) is 3. The van der Waals surface area contributed by atoms with E-state index in [0.717, 1.165) is 34.1 Å². The number of hydrogen-bond acceptors (Lipinski definition) is 3. The lowest BCUT2D eigenvalue weighted by molar-refractivity contribution is 1.29. The normalized spacial score (nSPS) is 11.9. The van der Waals surface area contributed by atoms with Gasteiger partial charge in [0.05, 0.1) is 11.0 Å². The first kappa shape index (κ1) is 37.0. The van der Waals surface area contributed by atoms with E-state index in [-0.39, 0.29) is 0 Å². The molecule has 0 atom stereocenters. The molecule has 0 saturated heterocycles. The molecular weight excluding hydrogens is 819 g/mol. The molecule has 14 aromatic rings. The molecule has 3 nitrogen and oxygen atoms in total. The first-order valence-electron chi connectivity index (χ1n) is 22.6. The second-order valence-electron chi connectivity index (χ2n) is 17.4. The third kappa shape index (κ3) is 5.69. The van der Waals surface area contributed by atoms with Gasteiger partial charge in [-0.2, -0.15) is 0 Å².